The Labute approximate surface area is 127 Å². The minimum absolute atomic E-state index is 0.0881. The molecule has 0 bridgehead atoms. The highest BCUT2D eigenvalue weighted by Crippen LogP contribution is 2.22. The fraction of sp³-hybridized carbons (Fsp3) is 0.333. The van der Waals surface area contributed by atoms with Gasteiger partial charge in [-0.15, -0.1) is 0 Å². The normalized spacial score (nSPS) is 10.9. The predicted molar refractivity (Wildman–Crippen MR) is 82.9 cm³/mol. The third-order valence-electron chi connectivity index (χ3n) is 3.07. The van der Waals surface area contributed by atoms with Gasteiger partial charge in [0, 0.05) is 0 Å². The fourth-order valence-corrected chi connectivity index (χ4v) is 2.54. The lowest BCUT2D eigenvalue weighted by molar-refractivity contribution is 0.338. The number of hydrogen-bond donors (Lipinski definition) is 1. The van der Waals surface area contributed by atoms with Crippen molar-refractivity contribution in [2.75, 3.05) is 6.61 Å². The van der Waals surface area contributed by atoms with Crippen LogP contribution >= 0.6 is 11.6 Å². The molecule has 0 radical (unpaired) electrons. The summed E-state index contributed by atoms with van der Waals surface area (Å²) in [6.07, 6.45) is 0. The van der Waals surface area contributed by atoms with Crippen molar-refractivity contribution in [3.8, 4) is 11.4 Å². The van der Waals surface area contributed by atoms with Gasteiger partial charge in [0.25, 0.3) is 5.56 Å². The van der Waals surface area contributed by atoms with E-state index in [0.29, 0.717) is 23.6 Å². The van der Waals surface area contributed by atoms with Crippen molar-refractivity contribution in [2.45, 2.75) is 26.7 Å². The molecule has 21 heavy (non-hydrogen) atoms. The van der Waals surface area contributed by atoms with Crippen LogP contribution in [0.15, 0.2) is 33.9 Å². The van der Waals surface area contributed by atoms with Crippen LogP contribution < -0.4 is 16.0 Å². The number of ether oxygens (including phenoxy) is 1. The highest BCUT2D eigenvalue weighted by molar-refractivity contribution is 6.30. The second-order valence-electron chi connectivity index (χ2n) is 4.85. The van der Waals surface area contributed by atoms with Crippen LogP contribution in [0.2, 0.25) is 5.15 Å². The van der Waals surface area contributed by atoms with E-state index in [1.165, 1.54) is 0 Å². The Morgan fingerprint density at radius 3 is 2.57 bits per heavy atom. The Bertz CT molecular complexity index is 762. The van der Waals surface area contributed by atoms with Gasteiger partial charge in [0.15, 0.2) is 0 Å². The number of para-hydroxylation sites is 2. The van der Waals surface area contributed by atoms with Crippen LogP contribution in [0, 0.1) is 0 Å². The number of rotatable bonds is 4. The first-order chi connectivity index (χ1) is 9.97. The number of nitrogens with zero attached hydrogens (tertiary/aromatic N) is 1. The number of aromatic nitrogens is 2. The van der Waals surface area contributed by atoms with Crippen molar-refractivity contribution in [1.29, 1.82) is 0 Å². The topological polar surface area (TPSA) is 64.1 Å². The maximum absolute atomic E-state index is 12.6. The minimum atomic E-state index is -0.582. The predicted octanol–water partition coefficient (Wildman–Crippen LogP) is 2.70. The van der Waals surface area contributed by atoms with Gasteiger partial charge in [-0.2, -0.15) is 0 Å². The highest BCUT2D eigenvalue weighted by Gasteiger charge is 2.18. The number of halogens is 1. The van der Waals surface area contributed by atoms with Gasteiger partial charge in [-0.25, -0.2) is 9.36 Å². The number of nitrogens with one attached hydrogen (secondary N) is 1. The van der Waals surface area contributed by atoms with Crippen molar-refractivity contribution in [3.05, 3.63) is 55.8 Å². The molecule has 2 rings (SSSR count). The van der Waals surface area contributed by atoms with E-state index in [4.69, 9.17) is 16.3 Å². The standard InChI is InChI=1S/C15H17ClN2O3/c1-4-21-11-8-6-5-7-10(11)18-14(19)12(9(2)3)13(16)17-15(18)20/h5-9H,4H2,1-3H3,(H,17,20). The van der Waals surface area contributed by atoms with Crippen LogP contribution in [0.4, 0.5) is 0 Å². The van der Waals surface area contributed by atoms with Gasteiger partial charge in [0.2, 0.25) is 0 Å². The average Bonchev–Trinajstić information content (AvgIpc) is 2.39. The summed E-state index contributed by atoms with van der Waals surface area (Å²) in [4.78, 5) is 27.3. The molecule has 1 N–H and O–H groups in total. The zero-order valence-corrected chi connectivity index (χ0v) is 12.9. The summed E-state index contributed by atoms with van der Waals surface area (Å²) >= 11 is 5.99. The molecule has 0 atom stereocenters. The largest absolute Gasteiger partial charge is 0.492 e. The summed E-state index contributed by atoms with van der Waals surface area (Å²) in [6, 6.07) is 6.91. The van der Waals surface area contributed by atoms with E-state index < -0.39 is 11.2 Å². The van der Waals surface area contributed by atoms with E-state index in [0.717, 1.165) is 4.57 Å². The van der Waals surface area contributed by atoms with Crippen molar-refractivity contribution in [2.24, 2.45) is 0 Å². The van der Waals surface area contributed by atoms with Gasteiger partial charge in [0.1, 0.15) is 10.9 Å². The van der Waals surface area contributed by atoms with E-state index in [1.807, 2.05) is 20.8 Å². The summed E-state index contributed by atoms with van der Waals surface area (Å²) in [5.41, 5.74) is -0.223. The lowest BCUT2D eigenvalue weighted by Crippen LogP contribution is -2.36. The molecular formula is C15H17ClN2O3. The molecule has 0 aliphatic rings. The molecule has 112 valence electrons. The van der Waals surface area contributed by atoms with Gasteiger partial charge in [0.05, 0.1) is 17.9 Å². The van der Waals surface area contributed by atoms with Gasteiger partial charge < -0.3 is 4.74 Å². The number of aromatic amines is 1. The minimum Gasteiger partial charge on any atom is -0.492 e. The maximum atomic E-state index is 12.6. The molecule has 0 unspecified atom stereocenters. The van der Waals surface area contributed by atoms with E-state index in [9.17, 15) is 9.59 Å². The second kappa shape index (κ2) is 6.18. The molecule has 2 aromatic rings. The summed E-state index contributed by atoms with van der Waals surface area (Å²) < 4.78 is 6.55. The van der Waals surface area contributed by atoms with Crippen molar-refractivity contribution < 1.29 is 4.74 Å². The molecule has 5 nitrogen and oxygen atoms in total. The van der Waals surface area contributed by atoms with Gasteiger partial charge in [-0.3, -0.25) is 9.78 Å². The van der Waals surface area contributed by atoms with E-state index in [2.05, 4.69) is 4.98 Å². The molecule has 6 heteroatoms. The summed E-state index contributed by atoms with van der Waals surface area (Å²) in [7, 11) is 0. The van der Waals surface area contributed by atoms with Crippen LogP contribution in [0.5, 0.6) is 5.75 Å². The first kappa shape index (κ1) is 15.4. The Morgan fingerprint density at radius 2 is 1.95 bits per heavy atom. The maximum Gasteiger partial charge on any atom is 0.334 e. The molecule has 0 spiro atoms. The second-order valence-corrected chi connectivity index (χ2v) is 5.23. The van der Waals surface area contributed by atoms with Gasteiger partial charge in [-0.1, -0.05) is 37.6 Å². The highest BCUT2D eigenvalue weighted by atomic mass is 35.5. The molecule has 1 heterocycles. The third-order valence-corrected chi connectivity index (χ3v) is 3.37. The number of benzene rings is 1. The molecule has 1 aromatic carbocycles. The van der Waals surface area contributed by atoms with E-state index in [1.54, 1.807) is 24.3 Å². The summed E-state index contributed by atoms with van der Waals surface area (Å²) in [5, 5.41) is 0.0881. The van der Waals surface area contributed by atoms with Gasteiger partial charge in [-0.05, 0) is 25.0 Å². The van der Waals surface area contributed by atoms with Crippen LogP contribution in [0.1, 0.15) is 32.3 Å². The molecule has 0 amide bonds. The smallest absolute Gasteiger partial charge is 0.334 e. The summed E-state index contributed by atoms with van der Waals surface area (Å²) in [6.45, 7) is 5.97. The SMILES string of the molecule is CCOc1ccccc1-n1c(=O)[nH]c(Cl)c(C(C)C)c1=O. The van der Waals surface area contributed by atoms with Crippen molar-refractivity contribution >= 4 is 11.6 Å². The Kier molecular flexibility index (Phi) is 4.53. The van der Waals surface area contributed by atoms with Crippen LogP contribution in [-0.2, 0) is 0 Å². The Morgan fingerprint density at radius 1 is 1.29 bits per heavy atom. The Hall–Kier alpha value is -2.01. The molecule has 0 aliphatic carbocycles. The monoisotopic (exact) mass is 308 g/mol. The van der Waals surface area contributed by atoms with Crippen LogP contribution in [0.25, 0.3) is 5.69 Å². The zero-order valence-electron chi connectivity index (χ0n) is 12.1. The fourth-order valence-electron chi connectivity index (χ4n) is 2.16. The molecule has 1 aromatic heterocycles. The van der Waals surface area contributed by atoms with Crippen molar-refractivity contribution in [1.82, 2.24) is 9.55 Å². The quantitative estimate of drug-likeness (QED) is 0.883. The first-order valence-electron chi connectivity index (χ1n) is 6.74. The molecule has 0 fully saturated rings. The Balaban J connectivity index is 2.79. The lowest BCUT2D eigenvalue weighted by Gasteiger charge is -2.14. The molecule has 0 saturated heterocycles. The van der Waals surface area contributed by atoms with Crippen LogP contribution in [-0.4, -0.2) is 16.2 Å². The van der Waals surface area contributed by atoms with Crippen LogP contribution in [0.3, 0.4) is 0 Å². The van der Waals surface area contributed by atoms with Gasteiger partial charge >= 0.3 is 5.69 Å². The molecular weight excluding hydrogens is 292 g/mol. The third kappa shape index (κ3) is 2.88. The summed E-state index contributed by atoms with van der Waals surface area (Å²) in [5.74, 6) is 0.372. The number of hydrogen-bond acceptors (Lipinski definition) is 3. The average molecular weight is 309 g/mol. The molecule has 0 aliphatic heterocycles. The molecule has 0 saturated carbocycles. The van der Waals surface area contributed by atoms with Crippen molar-refractivity contribution in [3.63, 3.8) is 0 Å². The zero-order chi connectivity index (χ0) is 15.6. The van der Waals surface area contributed by atoms with E-state index >= 15 is 0 Å². The first-order valence-corrected chi connectivity index (χ1v) is 7.12. The van der Waals surface area contributed by atoms with E-state index in [-0.39, 0.29) is 11.1 Å². The number of H-pyrrole nitrogens is 1. The lowest BCUT2D eigenvalue weighted by atomic mass is 10.1.